The van der Waals surface area contributed by atoms with Crippen molar-refractivity contribution in [3.63, 3.8) is 0 Å². The molecule has 0 fully saturated rings. The fraction of sp³-hybridized carbons (Fsp3) is 0.286. The third-order valence-electron chi connectivity index (χ3n) is 4.35. The topological polar surface area (TPSA) is 75.7 Å². The lowest BCUT2D eigenvalue weighted by Gasteiger charge is -2.29. The molecule has 1 N–H and O–H groups in total. The molecule has 0 bridgehead atoms. The van der Waals surface area contributed by atoms with Crippen LogP contribution in [0.4, 0.5) is 11.4 Å². The number of aryl methyl sites for hydroxylation is 2. The van der Waals surface area contributed by atoms with Crippen molar-refractivity contribution in [1.29, 1.82) is 0 Å². The van der Waals surface area contributed by atoms with E-state index in [9.17, 15) is 14.4 Å². The van der Waals surface area contributed by atoms with Gasteiger partial charge in [0.1, 0.15) is 12.3 Å². The van der Waals surface area contributed by atoms with Crippen LogP contribution in [-0.4, -0.2) is 30.7 Å². The Balaban J connectivity index is 1.83. The highest BCUT2D eigenvalue weighted by atomic mass is 16.5. The lowest BCUT2D eigenvalue weighted by atomic mass is 10.1. The summed E-state index contributed by atoms with van der Waals surface area (Å²) in [6, 6.07) is 10.7. The van der Waals surface area contributed by atoms with Gasteiger partial charge in [0.2, 0.25) is 5.91 Å². The molecular formula is C21H22N2O4. The number of ether oxygens (including phenoxy) is 1. The molecule has 0 unspecified atom stereocenters. The summed E-state index contributed by atoms with van der Waals surface area (Å²) < 4.78 is 5.43. The average molecular weight is 366 g/mol. The molecule has 6 heteroatoms. The van der Waals surface area contributed by atoms with E-state index < -0.39 is 0 Å². The van der Waals surface area contributed by atoms with E-state index in [0.29, 0.717) is 29.1 Å². The Morgan fingerprint density at radius 3 is 2.48 bits per heavy atom. The van der Waals surface area contributed by atoms with Gasteiger partial charge in [-0.1, -0.05) is 13.0 Å². The first-order valence-corrected chi connectivity index (χ1v) is 8.86. The molecule has 2 amide bonds. The number of fused-ring (bicyclic) bond motifs is 1. The highest BCUT2D eigenvalue weighted by Gasteiger charge is 2.28. The lowest BCUT2D eigenvalue weighted by molar-refractivity contribution is -0.123. The number of amides is 2. The highest BCUT2D eigenvalue weighted by molar-refractivity contribution is 6.06. The van der Waals surface area contributed by atoms with E-state index in [2.05, 4.69) is 5.32 Å². The zero-order valence-electron chi connectivity index (χ0n) is 15.7. The summed E-state index contributed by atoms with van der Waals surface area (Å²) in [5.74, 6) is -0.176. The number of carbonyl (C=O) groups excluding carboxylic acids is 3. The van der Waals surface area contributed by atoms with Crippen LogP contribution >= 0.6 is 0 Å². The van der Waals surface area contributed by atoms with Crippen molar-refractivity contribution in [3.8, 4) is 5.75 Å². The minimum Gasteiger partial charge on any atom is -0.482 e. The van der Waals surface area contributed by atoms with Crippen molar-refractivity contribution in [1.82, 2.24) is 0 Å². The van der Waals surface area contributed by atoms with Crippen LogP contribution in [0.2, 0.25) is 0 Å². The molecule has 2 aromatic rings. The Hall–Kier alpha value is -3.15. The summed E-state index contributed by atoms with van der Waals surface area (Å²) in [6.07, 6.45) is 0.362. The number of anilines is 2. The zero-order chi connectivity index (χ0) is 19.6. The van der Waals surface area contributed by atoms with Gasteiger partial charge < -0.3 is 10.1 Å². The Bertz CT molecular complexity index is 900. The molecule has 2 aromatic carbocycles. The van der Waals surface area contributed by atoms with E-state index in [1.807, 2.05) is 32.0 Å². The van der Waals surface area contributed by atoms with Gasteiger partial charge in [-0.3, -0.25) is 19.3 Å². The van der Waals surface area contributed by atoms with Crippen molar-refractivity contribution in [2.75, 3.05) is 23.4 Å². The SMILES string of the molecule is CCC(=O)c1ccc2c(c1)N(CC(=O)Nc1cc(C)cc(C)c1)C(=O)CO2. The quantitative estimate of drug-likeness (QED) is 0.824. The van der Waals surface area contributed by atoms with Gasteiger partial charge in [-0.2, -0.15) is 0 Å². The molecule has 0 saturated carbocycles. The van der Waals surface area contributed by atoms with Crippen molar-refractivity contribution >= 4 is 29.0 Å². The Morgan fingerprint density at radius 1 is 1.11 bits per heavy atom. The number of Topliss-reactive ketones (excluding diaryl/α,β-unsaturated/α-hetero) is 1. The van der Waals surface area contributed by atoms with Gasteiger partial charge in [-0.25, -0.2) is 0 Å². The summed E-state index contributed by atoms with van der Waals surface area (Å²) in [5, 5.41) is 2.83. The van der Waals surface area contributed by atoms with Gasteiger partial charge >= 0.3 is 0 Å². The Labute approximate surface area is 158 Å². The molecule has 3 rings (SSSR count). The summed E-state index contributed by atoms with van der Waals surface area (Å²) in [7, 11) is 0. The molecule has 1 aliphatic rings. The number of carbonyl (C=O) groups is 3. The average Bonchev–Trinajstić information content (AvgIpc) is 2.62. The monoisotopic (exact) mass is 366 g/mol. The zero-order valence-corrected chi connectivity index (χ0v) is 15.7. The fourth-order valence-electron chi connectivity index (χ4n) is 3.14. The van der Waals surface area contributed by atoms with Gasteiger partial charge in [0.05, 0.1) is 5.69 Å². The second-order valence-electron chi connectivity index (χ2n) is 6.65. The normalized spacial score (nSPS) is 13.0. The van der Waals surface area contributed by atoms with E-state index in [4.69, 9.17) is 4.74 Å². The number of benzene rings is 2. The van der Waals surface area contributed by atoms with E-state index in [1.165, 1.54) is 4.90 Å². The number of ketones is 1. The second kappa shape index (κ2) is 7.61. The molecule has 6 nitrogen and oxygen atoms in total. The molecule has 0 radical (unpaired) electrons. The van der Waals surface area contributed by atoms with Crippen LogP contribution in [0.15, 0.2) is 36.4 Å². The summed E-state index contributed by atoms with van der Waals surface area (Å²) in [5.41, 5.74) is 3.71. The number of nitrogens with one attached hydrogen (secondary N) is 1. The number of hydrogen-bond acceptors (Lipinski definition) is 4. The standard InChI is InChI=1S/C21H22N2O4/c1-4-18(24)15-5-6-19-17(10-15)23(21(26)12-27-19)11-20(25)22-16-8-13(2)7-14(3)9-16/h5-10H,4,11-12H2,1-3H3,(H,22,25). The predicted molar refractivity (Wildman–Crippen MR) is 103 cm³/mol. The summed E-state index contributed by atoms with van der Waals surface area (Å²) in [6.45, 7) is 5.41. The summed E-state index contributed by atoms with van der Waals surface area (Å²) in [4.78, 5) is 38.2. The first-order valence-electron chi connectivity index (χ1n) is 8.86. The number of hydrogen-bond donors (Lipinski definition) is 1. The first-order chi connectivity index (χ1) is 12.9. The minimum absolute atomic E-state index is 0.0320. The molecule has 1 heterocycles. The second-order valence-corrected chi connectivity index (χ2v) is 6.65. The van der Waals surface area contributed by atoms with Crippen LogP contribution in [0.3, 0.4) is 0 Å². The Morgan fingerprint density at radius 2 is 1.81 bits per heavy atom. The van der Waals surface area contributed by atoms with Gasteiger partial charge in [0.15, 0.2) is 12.4 Å². The predicted octanol–water partition coefficient (Wildman–Crippen LogP) is 3.26. The fourth-order valence-corrected chi connectivity index (χ4v) is 3.14. The molecule has 0 saturated heterocycles. The third-order valence-corrected chi connectivity index (χ3v) is 4.35. The van der Waals surface area contributed by atoms with Gasteiger partial charge in [0, 0.05) is 17.7 Å². The largest absolute Gasteiger partial charge is 0.482 e. The van der Waals surface area contributed by atoms with E-state index in [0.717, 1.165) is 11.1 Å². The minimum atomic E-state index is -0.320. The maximum absolute atomic E-state index is 12.5. The van der Waals surface area contributed by atoms with Gasteiger partial charge in [-0.15, -0.1) is 0 Å². The molecule has 0 atom stereocenters. The van der Waals surface area contributed by atoms with Crippen LogP contribution in [0.25, 0.3) is 0 Å². The molecule has 1 aliphatic heterocycles. The van der Waals surface area contributed by atoms with Gasteiger partial charge in [0.25, 0.3) is 5.91 Å². The summed E-state index contributed by atoms with van der Waals surface area (Å²) >= 11 is 0. The van der Waals surface area contributed by atoms with Crippen molar-refractivity contribution in [2.24, 2.45) is 0 Å². The molecule has 0 aromatic heterocycles. The maximum Gasteiger partial charge on any atom is 0.265 e. The van der Waals surface area contributed by atoms with Crippen LogP contribution in [0.5, 0.6) is 5.75 Å². The molecule has 27 heavy (non-hydrogen) atoms. The number of rotatable bonds is 5. The third kappa shape index (κ3) is 4.16. The molecule has 0 aliphatic carbocycles. The smallest absolute Gasteiger partial charge is 0.265 e. The van der Waals surface area contributed by atoms with Crippen LogP contribution < -0.4 is 15.0 Å². The van der Waals surface area contributed by atoms with Crippen LogP contribution in [0.1, 0.15) is 34.8 Å². The van der Waals surface area contributed by atoms with E-state index >= 15 is 0 Å². The first kappa shape index (κ1) is 18.6. The van der Waals surface area contributed by atoms with Crippen LogP contribution in [-0.2, 0) is 9.59 Å². The van der Waals surface area contributed by atoms with Gasteiger partial charge in [-0.05, 0) is 55.3 Å². The van der Waals surface area contributed by atoms with Crippen LogP contribution in [0, 0.1) is 13.8 Å². The maximum atomic E-state index is 12.5. The van der Waals surface area contributed by atoms with Crippen molar-refractivity contribution in [2.45, 2.75) is 27.2 Å². The Kier molecular flexibility index (Phi) is 5.26. The van der Waals surface area contributed by atoms with Crippen molar-refractivity contribution in [3.05, 3.63) is 53.1 Å². The lowest BCUT2D eigenvalue weighted by Crippen LogP contribution is -2.43. The molecular weight excluding hydrogens is 344 g/mol. The molecule has 140 valence electrons. The van der Waals surface area contributed by atoms with E-state index in [-0.39, 0.29) is 30.7 Å². The van der Waals surface area contributed by atoms with E-state index in [1.54, 1.807) is 25.1 Å². The van der Waals surface area contributed by atoms with Crippen molar-refractivity contribution < 1.29 is 19.1 Å². The number of nitrogens with zero attached hydrogens (tertiary/aromatic N) is 1. The molecule has 0 spiro atoms. The highest BCUT2D eigenvalue weighted by Crippen LogP contribution is 2.33.